The molecule has 68 valence electrons. The summed E-state index contributed by atoms with van der Waals surface area (Å²) in [7, 11) is 0. The van der Waals surface area contributed by atoms with Crippen LogP contribution < -0.4 is 0 Å². The second-order valence-corrected chi connectivity index (χ2v) is 4.09. The maximum absolute atomic E-state index is 11.2. The van der Waals surface area contributed by atoms with Crippen molar-refractivity contribution in [3.05, 3.63) is 12.7 Å². The minimum atomic E-state index is 0.414. The topological polar surface area (TPSA) is 17.1 Å². The average Bonchev–Trinajstić information content (AvgIpc) is 2.03. The molecule has 0 radical (unpaired) electrons. The van der Waals surface area contributed by atoms with Gasteiger partial charge in [0.15, 0.2) is 0 Å². The van der Waals surface area contributed by atoms with Crippen molar-refractivity contribution in [2.45, 2.75) is 33.1 Å². The first-order valence-electron chi connectivity index (χ1n) is 4.79. The number of Topliss-reactive ketones (excluding diaryl/α,β-unsaturated/α-hetero) is 1. The molecule has 1 rings (SSSR count). The van der Waals surface area contributed by atoms with Gasteiger partial charge in [-0.05, 0) is 24.2 Å². The first-order chi connectivity index (χ1) is 5.65. The van der Waals surface area contributed by atoms with Gasteiger partial charge in [-0.1, -0.05) is 19.9 Å². The van der Waals surface area contributed by atoms with Gasteiger partial charge in [0.2, 0.25) is 0 Å². The van der Waals surface area contributed by atoms with Crippen molar-refractivity contribution in [1.82, 2.24) is 0 Å². The molecule has 0 bridgehead atoms. The fourth-order valence-electron chi connectivity index (χ4n) is 2.14. The maximum Gasteiger partial charge on any atom is 0.133 e. The summed E-state index contributed by atoms with van der Waals surface area (Å²) in [5.74, 6) is 2.21. The van der Waals surface area contributed by atoms with Gasteiger partial charge in [-0.3, -0.25) is 4.79 Å². The van der Waals surface area contributed by atoms with Crippen LogP contribution in [0.3, 0.4) is 0 Å². The summed E-state index contributed by atoms with van der Waals surface area (Å²) in [6, 6.07) is 0. The van der Waals surface area contributed by atoms with Gasteiger partial charge in [0.05, 0.1) is 0 Å². The lowest BCUT2D eigenvalue weighted by molar-refractivity contribution is -0.122. The van der Waals surface area contributed by atoms with Crippen LogP contribution in [0.25, 0.3) is 0 Å². The Hall–Kier alpha value is -0.590. The van der Waals surface area contributed by atoms with Gasteiger partial charge in [0.1, 0.15) is 5.78 Å². The van der Waals surface area contributed by atoms with Crippen LogP contribution in [0.15, 0.2) is 12.7 Å². The van der Waals surface area contributed by atoms with E-state index in [0.717, 1.165) is 19.3 Å². The largest absolute Gasteiger partial charge is 0.300 e. The highest BCUT2D eigenvalue weighted by Gasteiger charge is 2.28. The molecule has 0 unspecified atom stereocenters. The third kappa shape index (κ3) is 1.96. The van der Waals surface area contributed by atoms with Crippen LogP contribution in [-0.4, -0.2) is 5.78 Å². The molecule has 0 amide bonds. The van der Waals surface area contributed by atoms with Gasteiger partial charge < -0.3 is 0 Å². The number of rotatable bonds is 2. The van der Waals surface area contributed by atoms with E-state index in [0.29, 0.717) is 23.5 Å². The minimum Gasteiger partial charge on any atom is -0.300 e. The van der Waals surface area contributed by atoms with Gasteiger partial charge in [-0.25, -0.2) is 0 Å². The molecule has 1 heteroatoms. The van der Waals surface area contributed by atoms with Gasteiger partial charge in [-0.2, -0.15) is 0 Å². The Morgan fingerprint density at radius 1 is 1.58 bits per heavy atom. The van der Waals surface area contributed by atoms with E-state index in [2.05, 4.69) is 20.4 Å². The van der Waals surface area contributed by atoms with Gasteiger partial charge >= 0.3 is 0 Å². The molecule has 0 aromatic heterocycles. The molecule has 0 saturated heterocycles. The lowest BCUT2D eigenvalue weighted by Crippen LogP contribution is -2.27. The molecule has 1 aliphatic carbocycles. The van der Waals surface area contributed by atoms with E-state index >= 15 is 0 Å². The van der Waals surface area contributed by atoms with E-state index in [-0.39, 0.29) is 0 Å². The molecule has 0 aromatic rings. The molecular weight excluding hydrogens is 148 g/mol. The zero-order valence-electron chi connectivity index (χ0n) is 8.05. The second kappa shape index (κ2) is 3.88. The molecule has 2 atom stereocenters. The van der Waals surface area contributed by atoms with Gasteiger partial charge in [-0.15, -0.1) is 6.58 Å². The fraction of sp³-hybridized carbons (Fsp3) is 0.727. The minimum absolute atomic E-state index is 0.414. The van der Waals surface area contributed by atoms with Crippen molar-refractivity contribution < 1.29 is 4.79 Å². The van der Waals surface area contributed by atoms with E-state index in [1.165, 1.54) is 0 Å². The number of carbonyl (C=O) groups is 1. The molecule has 1 nitrogen and oxygen atoms in total. The van der Waals surface area contributed by atoms with E-state index in [9.17, 15) is 4.79 Å². The molecule has 1 aliphatic rings. The van der Waals surface area contributed by atoms with Gasteiger partial charge in [0, 0.05) is 12.8 Å². The Balaban J connectivity index is 2.62. The van der Waals surface area contributed by atoms with Crippen molar-refractivity contribution in [3.63, 3.8) is 0 Å². The monoisotopic (exact) mass is 166 g/mol. The van der Waals surface area contributed by atoms with Crippen molar-refractivity contribution >= 4 is 5.78 Å². The third-order valence-electron chi connectivity index (χ3n) is 2.93. The van der Waals surface area contributed by atoms with Crippen LogP contribution >= 0.6 is 0 Å². The number of allylic oxidation sites excluding steroid dienone is 1. The SMILES string of the molecule is C=C[C@@H]1CC(=O)CC[C@H]1C(C)C. The quantitative estimate of drug-likeness (QED) is 0.576. The lowest BCUT2D eigenvalue weighted by atomic mass is 9.73. The highest BCUT2D eigenvalue weighted by molar-refractivity contribution is 5.79. The van der Waals surface area contributed by atoms with Crippen molar-refractivity contribution in [1.29, 1.82) is 0 Å². The molecule has 0 heterocycles. The van der Waals surface area contributed by atoms with E-state index in [1.54, 1.807) is 0 Å². The third-order valence-corrected chi connectivity index (χ3v) is 2.93. The molecular formula is C11H18O. The lowest BCUT2D eigenvalue weighted by Gasteiger charge is -2.31. The average molecular weight is 166 g/mol. The Bertz CT molecular complexity index is 181. The van der Waals surface area contributed by atoms with E-state index < -0.39 is 0 Å². The Morgan fingerprint density at radius 3 is 2.75 bits per heavy atom. The summed E-state index contributed by atoms with van der Waals surface area (Å²) >= 11 is 0. The summed E-state index contributed by atoms with van der Waals surface area (Å²) in [6.45, 7) is 8.27. The van der Waals surface area contributed by atoms with Crippen LogP contribution in [0, 0.1) is 17.8 Å². The van der Waals surface area contributed by atoms with E-state index in [4.69, 9.17) is 0 Å². The normalized spacial score (nSPS) is 30.8. The first kappa shape index (κ1) is 9.50. The molecule has 0 aliphatic heterocycles. The van der Waals surface area contributed by atoms with E-state index in [1.807, 2.05) is 6.08 Å². The van der Waals surface area contributed by atoms with Crippen LogP contribution in [0.4, 0.5) is 0 Å². The molecule has 0 spiro atoms. The predicted octanol–water partition coefficient (Wildman–Crippen LogP) is 2.81. The highest BCUT2D eigenvalue weighted by atomic mass is 16.1. The second-order valence-electron chi connectivity index (χ2n) is 4.09. The highest BCUT2D eigenvalue weighted by Crippen LogP contribution is 2.33. The number of ketones is 1. The number of carbonyl (C=O) groups excluding carboxylic acids is 1. The maximum atomic E-state index is 11.2. The van der Waals surface area contributed by atoms with Crippen LogP contribution in [0.2, 0.25) is 0 Å². The van der Waals surface area contributed by atoms with Gasteiger partial charge in [0.25, 0.3) is 0 Å². The zero-order valence-corrected chi connectivity index (χ0v) is 8.05. The Morgan fingerprint density at radius 2 is 2.25 bits per heavy atom. The summed E-state index contributed by atoms with van der Waals surface area (Å²) in [6.07, 6.45) is 4.54. The standard InChI is InChI=1S/C11H18O/c1-4-9-7-10(12)5-6-11(9)8(2)3/h4,8-9,11H,1,5-7H2,2-3H3/t9-,11+/m1/s1. The summed E-state index contributed by atoms with van der Waals surface area (Å²) in [4.78, 5) is 11.2. The van der Waals surface area contributed by atoms with Crippen molar-refractivity contribution in [3.8, 4) is 0 Å². The number of hydrogen-bond acceptors (Lipinski definition) is 1. The van der Waals surface area contributed by atoms with Crippen molar-refractivity contribution in [2.24, 2.45) is 17.8 Å². The smallest absolute Gasteiger partial charge is 0.133 e. The molecule has 0 N–H and O–H groups in total. The summed E-state index contributed by atoms with van der Waals surface area (Å²) in [5.41, 5.74) is 0. The molecule has 0 aromatic carbocycles. The predicted molar refractivity (Wildman–Crippen MR) is 50.9 cm³/mol. The van der Waals surface area contributed by atoms with Crippen molar-refractivity contribution in [2.75, 3.05) is 0 Å². The summed E-state index contributed by atoms with van der Waals surface area (Å²) < 4.78 is 0. The molecule has 12 heavy (non-hydrogen) atoms. The fourth-order valence-corrected chi connectivity index (χ4v) is 2.14. The Kier molecular flexibility index (Phi) is 3.07. The van der Waals surface area contributed by atoms with Crippen LogP contribution in [-0.2, 0) is 4.79 Å². The zero-order chi connectivity index (χ0) is 9.14. The summed E-state index contributed by atoms with van der Waals surface area (Å²) in [5, 5.41) is 0. The first-order valence-corrected chi connectivity index (χ1v) is 4.79. The molecule has 1 saturated carbocycles. The van der Waals surface area contributed by atoms with Crippen LogP contribution in [0.5, 0.6) is 0 Å². The van der Waals surface area contributed by atoms with Crippen LogP contribution in [0.1, 0.15) is 33.1 Å². The molecule has 1 fully saturated rings. The number of hydrogen-bond donors (Lipinski definition) is 0. The Labute approximate surface area is 74.9 Å².